The van der Waals surface area contributed by atoms with Crippen LogP contribution in [0.25, 0.3) is 72.9 Å². The van der Waals surface area contributed by atoms with E-state index in [4.69, 9.17) is 15.0 Å². The lowest BCUT2D eigenvalue weighted by atomic mass is 9.95. The highest BCUT2D eigenvalue weighted by molar-refractivity contribution is 5.88. The van der Waals surface area contributed by atoms with E-state index in [1.54, 1.807) is 0 Å². The first-order valence-electron chi connectivity index (χ1n) is 14.4. The van der Waals surface area contributed by atoms with E-state index in [9.17, 15) is 0 Å². The van der Waals surface area contributed by atoms with Crippen LogP contribution in [0.15, 0.2) is 133 Å². The fraction of sp³-hybridized carbons (Fsp3) is 0.0513. The summed E-state index contributed by atoms with van der Waals surface area (Å²) in [6.45, 7) is 0. The Balaban J connectivity index is 1.23. The van der Waals surface area contributed by atoms with Crippen molar-refractivity contribution >= 4 is 27.6 Å². The topological polar surface area (TPSA) is 38.7 Å². The van der Waals surface area contributed by atoms with Crippen molar-refractivity contribution in [3.05, 3.63) is 145 Å². The van der Waals surface area contributed by atoms with Gasteiger partial charge in [0.25, 0.3) is 0 Å². The largest absolute Gasteiger partial charge is 0.208 e. The molecule has 1 aliphatic carbocycles. The van der Waals surface area contributed by atoms with E-state index in [1.165, 1.54) is 32.8 Å². The Bertz CT molecular complexity index is 2140. The minimum Gasteiger partial charge on any atom is -0.208 e. The van der Waals surface area contributed by atoms with Crippen molar-refractivity contribution in [2.24, 2.45) is 0 Å². The summed E-state index contributed by atoms with van der Waals surface area (Å²) in [7, 11) is 0. The predicted molar refractivity (Wildman–Crippen MR) is 174 cm³/mol. The first kappa shape index (κ1) is 24.4. The fourth-order valence-corrected chi connectivity index (χ4v) is 5.84. The lowest BCUT2D eigenvalue weighted by molar-refractivity contribution is 0.985. The Hall–Kier alpha value is -5.41. The molecule has 6 aromatic carbocycles. The van der Waals surface area contributed by atoms with Crippen LogP contribution < -0.4 is 0 Å². The van der Waals surface area contributed by atoms with Crippen LogP contribution in [-0.2, 0) is 6.42 Å². The zero-order chi connectivity index (χ0) is 27.9. The molecule has 3 heteroatoms. The number of benzene rings is 6. The molecule has 0 aliphatic heterocycles. The van der Waals surface area contributed by atoms with Crippen LogP contribution >= 0.6 is 0 Å². The number of fused-ring (bicyclic) bond motifs is 3. The number of rotatable bonds is 4. The molecule has 0 bridgehead atoms. The third-order valence-electron chi connectivity index (χ3n) is 8.15. The highest BCUT2D eigenvalue weighted by Gasteiger charge is 2.15. The van der Waals surface area contributed by atoms with E-state index in [0.717, 1.165) is 40.5 Å². The van der Waals surface area contributed by atoms with Crippen molar-refractivity contribution in [2.45, 2.75) is 12.8 Å². The van der Waals surface area contributed by atoms with Gasteiger partial charge in [-0.25, -0.2) is 15.0 Å². The van der Waals surface area contributed by atoms with Gasteiger partial charge in [-0.05, 0) is 74.8 Å². The highest BCUT2D eigenvalue weighted by atomic mass is 15.0. The lowest BCUT2D eigenvalue weighted by Gasteiger charge is -2.13. The van der Waals surface area contributed by atoms with Crippen molar-refractivity contribution in [2.75, 3.05) is 0 Å². The monoisotopic (exact) mass is 537 g/mol. The minimum atomic E-state index is 0.668. The smallest absolute Gasteiger partial charge is 0.164 e. The van der Waals surface area contributed by atoms with Gasteiger partial charge in [-0.1, -0.05) is 121 Å². The number of hydrogen-bond donors (Lipinski definition) is 0. The van der Waals surface area contributed by atoms with Crippen molar-refractivity contribution in [1.29, 1.82) is 0 Å². The quantitative estimate of drug-likeness (QED) is 0.224. The number of allylic oxidation sites excluding steroid dienone is 1. The number of nitrogens with zero attached hydrogens (tertiary/aromatic N) is 3. The van der Waals surface area contributed by atoms with Crippen molar-refractivity contribution in [1.82, 2.24) is 15.0 Å². The van der Waals surface area contributed by atoms with E-state index in [0.29, 0.717) is 17.5 Å². The van der Waals surface area contributed by atoms with Gasteiger partial charge in [-0.3, -0.25) is 0 Å². The molecule has 0 atom stereocenters. The Labute approximate surface area is 244 Å². The summed E-state index contributed by atoms with van der Waals surface area (Å²) < 4.78 is 0. The maximum Gasteiger partial charge on any atom is 0.164 e. The molecule has 3 nitrogen and oxygen atoms in total. The third kappa shape index (κ3) is 4.55. The molecule has 1 aliphatic rings. The maximum absolute atomic E-state index is 5.01. The van der Waals surface area contributed by atoms with Crippen molar-refractivity contribution in [3.63, 3.8) is 0 Å². The van der Waals surface area contributed by atoms with Crippen LogP contribution in [0.2, 0.25) is 0 Å². The van der Waals surface area contributed by atoms with Gasteiger partial charge in [-0.15, -0.1) is 0 Å². The van der Waals surface area contributed by atoms with Gasteiger partial charge in [-0.2, -0.15) is 0 Å². The third-order valence-corrected chi connectivity index (χ3v) is 8.15. The summed E-state index contributed by atoms with van der Waals surface area (Å²) in [6, 6.07) is 44.9. The Morgan fingerprint density at radius 3 is 1.60 bits per heavy atom. The number of aromatic nitrogens is 3. The highest BCUT2D eigenvalue weighted by Crippen LogP contribution is 2.31. The van der Waals surface area contributed by atoms with Crippen LogP contribution in [0.1, 0.15) is 17.5 Å². The zero-order valence-electron chi connectivity index (χ0n) is 23.0. The van der Waals surface area contributed by atoms with Crippen LogP contribution in [0, 0.1) is 0 Å². The Morgan fingerprint density at radius 2 is 0.905 bits per heavy atom. The molecule has 1 heterocycles. The molecule has 0 N–H and O–H groups in total. The molecule has 0 radical (unpaired) electrons. The number of hydrogen-bond acceptors (Lipinski definition) is 3. The minimum absolute atomic E-state index is 0.668. The Kier molecular flexibility index (Phi) is 5.93. The molecule has 1 aromatic heterocycles. The average Bonchev–Trinajstić information content (AvgIpc) is 3.07. The van der Waals surface area contributed by atoms with Crippen LogP contribution in [0.3, 0.4) is 0 Å². The van der Waals surface area contributed by atoms with Crippen molar-refractivity contribution < 1.29 is 0 Å². The van der Waals surface area contributed by atoms with E-state index in [-0.39, 0.29) is 0 Å². The molecule has 0 unspecified atom stereocenters. The summed E-state index contributed by atoms with van der Waals surface area (Å²) in [4.78, 5) is 15.0. The summed E-state index contributed by atoms with van der Waals surface area (Å²) in [5.74, 6) is 2.03. The first-order valence-corrected chi connectivity index (χ1v) is 14.4. The molecular formula is C39H27N3. The molecule has 42 heavy (non-hydrogen) atoms. The van der Waals surface area contributed by atoms with Gasteiger partial charge in [0.1, 0.15) is 0 Å². The Morgan fingerprint density at radius 1 is 0.405 bits per heavy atom. The van der Waals surface area contributed by atoms with Gasteiger partial charge in [0.05, 0.1) is 0 Å². The van der Waals surface area contributed by atoms with Gasteiger partial charge in [0, 0.05) is 16.7 Å². The first-order chi connectivity index (χ1) is 20.8. The normalized spacial score (nSPS) is 12.5. The molecule has 0 spiro atoms. The molecule has 0 amide bonds. The molecule has 198 valence electrons. The molecular weight excluding hydrogens is 510 g/mol. The van der Waals surface area contributed by atoms with E-state index < -0.39 is 0 Å². The zero-order valence-corrected chi connectivity index (χ0v) is 23.0. The summed E-state index contributed by atoms with van der Waals surface area (Å²) in [5.41, 5.74) is 7.90. The van der Waals surface area contributed by atoms with Gasteiger partial charge in [0.15, 0.2) is 17.5 Å². The molecule has 8 rings (SSSR count). The summed E-state index contributed by atoms with van der Waals surface area (Å²) >= 11 is 0. The molecule has 0 saturated carbocycles. The van der Waals surface area contributed by atoms with Gasteiger partial charge < -0.3 is 0 Å². The maximum atomic E-state index is 5.01. The molecule has 0 saturated heterocycles. The standard InChI is InChI=1S/C39H27N3/c1-4-10-31-23-34(20-15-26(31)7-1)29-13-18-30(19-14-29)37-40-38(35-21-16-27-8-2-5-11-32(27)24-35)42-39(41-37)36-22-17-28-9-3-6-12-33(28)25-36/h1-2,4-8,10-25H,3,9H2. The predicted octanol–water partition coefficient (Wildman–Crippen LogP) is 9.81. The lowest BCUT2D eigenvalue weighted by Crippen LogP contribution is -2.01. The van der Waals surface area contributed by atoms with Gasteiger partial charge in [0.2, 0.25) is 0 Å². The van der Waals surface area contributed by atoms with Crippen LogP contribution in [0.4, 0.5) is 0 Å². The SMILES string of the molecule is C1=Cc2cc(-c3nc(-c4ccc(-c5ccc6ccccc6c5)cc4)nc(-c4ccc5ccccc5c4)n3)ccc2CC1. The van der Waals surface area contributed by atoms with Crippen molar-refractivity contribution in [3.8, 4) is 45.3 Å². The molecule has 7 aromatic rings. The fourth-order valence-electron chi connectivity index (χ4n) is 5.84. The number of aryl methyl sites for hydroxylation is 1. The van der Waals surface area contributed by atoms with E-state index in [1.807, 2.05) is 0 Å². The second kappa shape index (κ2) is 10.2. The van der Waals surface area contributed by atoms with Crippen LogP contribution in [-0.4, -0.2) is 15.0 Å². The van der Waals surface area contributed by atoms with Gasteiger partial charge >= 0.3 is 0 Å². The van der Waals surface area contributed by atoms with Crippen LogP contribution in [0.5, 0.6) is 0 Å². The second-order valence-electron chi connectivity index (χ2n) is 10.9. The van der Waals surface area contributed by atoms with E-state index >= 15 is 0 Å². The average molecular weight is 538 g/mol. The molecule has 0 fully saturated rings. The summed E-state index contributed by atoms with van der Waals surface area (Å²) in [6.07, 6.45) is 6.60. The van der Waals surface area contributed by atoms with E-state index in [2.05, 4.69) is 140 Å². The second-order valence-corrected chi connectivity index (χ2v) is 10.9. The summed E-state index contributed by atoms with van der Waals surface area (Å²) in [5, 5.41) is 4.84.